The number of hydrogen-bond donors (Lipinski definition) is 0. The third-order valence-electron chi connectivity index (χ3n) is 4.48. The van der Waals surface area contributed by atoms with Crippen LogP contribution in [-0.2, 0) is 10.5 Å². The van der Waals surface area contributed by atoms with Crippen LogP contribution >= 0.6 is 11.8 Å². The second-order valence-electron chi connectivity index (χ2n) is 6.37. The van der Waals surface area contributed by atoms with Crippen LogP contribution in [0.4, 0.5) is 0 Å². The van der Waals surface area contributed by atoms with Crippen molar-refractivity contribution in [2.45, 2.75) is 10.9 Å². The number of methoxy groups -OCH3 is 1. The van der Waals surface area contributed by atoms with Gasteiger partial charge in [-0.15, -0.1) is 0 Å². The molecule has 0 atom stereocenters. The van der Waals surface area contributed by atoms with Crippen molar-refractivity contribution in [1.82, 2.24) is 9.55 Å². The van der Waals surface area contributed by atoms with E-state index in [2.05, 4.69) is 0 Å². The third-order valence-corrected chi connectivity index (χ3v) is 5.49. The predicted octanol–water partition coefficient (Wildman–Crippen LogP) is 4.46. The number of thioether (sulfide) groups is 1. The SMILES string of the molecule is COC(=O)c1cccc(CSc2nc3ccccc3c(=O)n2-c2ccccc2)c1. The Morgan fingerprint density at radius 1 is 1.00 bits per heavy atom. The Morgan fingerprint density at radius 3 is 2.55 bits per heavy atom. The van der Waals surface area contributed by atoms with E-state index in [1.54, 1.807) is 22.8 Å². The zero-order valence-corrected chi connectivity index (χ0v) is 16.6. The molecule has 6 heteroatoms. The second kappa shape index (κ2) is 8.32. The van der Waals surface area contributed by atoms with Crippen molar-refractivity contribution in [2.24, 2.45) is 0 Å². The van der Waals surface area contributed by atoms with E-state index in [0.29, 0.717) is 27.4 Å². The van der Waals surface area contributed by atoms with Crippen LogP contribution in [0.3, 0.4) is 0 Å². The molecule has 0 saturated heterocycles. The lowest BCUT2D eigenvalue weighted by atomic mass is 10.1. The quantitative estimate of drug-likeness (QED) is 0.280. The molecule has 0 N–H and O–H groups in total. The molecular weight excluding hydrogens is 384 g/mol. The zero-order valence-electron chi connectivity index (χ0n) is 15.7. The van der Waals surface area contributed by atoms with E-state index < -0.39 is 0 Å². The minimum Gasteiger partial charge on any atom is -0.465 e. The molecule has 0 amide bonds. The average molecular weight is 402 g/mol. The summed E-state index contributed by atoms with van der Waals surface area (Å²) in [5, 5.41) is 1.18. The Balaban J connectivity index is 1.75. The van der Waals surface area contributed by atoms with Crippen molar-refractivity contribution >= 4 is 28.6 Å². The van der Waals surface area contributed by atoms with Gasteiger partial charge in [-0.3, -0.25) is 9.36 Å². The van der Waals surface area contributed by atoms with Gasteiger partial charge in [0.1, 0.15) is 0 Å². The Labute approximate surface area is 172 Å². The summed E-state index contributed by atoms with van der Waals surface area (Å²) in [6, 6.07) is 24.1. The first-order chi connectivity index (χ1) is 14.2. The van der Waals surface area contributed by atoms with Gasteiger partial charge in [0.25, 0.3) is 5.56 Å². The molecular formula is C23H18N2O3S. The maximum Gasteiger partial charge on any atom is 0.337 e. The van der Waals surface area contributed by atoms with E-state index >= 15 is 0 Å². The summed E-state index contributed by atoms with van der Waals surface area (Å²) in [7, 11) is 1.36. The summed E-state index contributed by atoms with van der Waals surface area (Å²) in [6.07, 6.45) is 0. The molecule has 1 heterocycles. The monoisotopic (exact) mass is 402 g/mol. The minimum absolute atomic E-state index is 0.104. The summed E-state index contributed by atoms with van der Waals surface area (Å²) in [5.74, 6) is 0.185. The first kappa shape index (κ1) is 19.0. The van der Waals surface area contributed by atoms with Gasteiger partial charge in [0.15, 0.2) is 5.16 Å². The van der Waals surface area contributed by atoms with Crippen molar-refractivity contribution in [3.05, 3.63) is 100 Å². The zero-order chi connectivity index (χ0) is 20.2. The largest absolute Gasteiger partial charge is 0.465 e. The van der Waals surface area contributed by atoms with Gasteiger partial charge < -0.3 is 4.74 Å². The number of nitrogens with zero attached hydrogens (tertiary/aromatic N) is 2. The van der Waals surface area contributed by atoms with E-state index in [0.717, 1.165) is 11.3 Å². The highest BCUT2D eigenvalue weighted by atomic mass is 32.2. The molecule has 0 saturated carbocycles. The molecule has 0 aliphatic rings. The molecule has 3 aromatic carbocycles. The fourth-order valence-electron chi connectivity index (χ4n) is 3.07. The number of benzene rings is 3. The molecule has 0 bridgehead atoms. The maximum atomic E-state index is 13.2. The van der Waals surface area contributed by atoms with Gasteiger partial charge in [0, 0.05) is 5.75 Å². The molecule has 0 aliphatic carbocycles. The van der Waals surface area contributed by atoms with Gasteiger partial charge in [-0.25, -0.2) is 9.78 Å². The molecule has 1 aromatic heterocycles. The average Bonchev–Trinajstić information content (AvgIpc) is 2.78. The first-order valence-corrected chi connectivity index (χ1v) is 10.0. The lowest BCUT2D eigenvalue weighted by molar-refractivity contribution is 0.0600. The summed E-state index contributed by atoms with van der Waals surface area (Å²) in [4.78, 5) is 29.7. The molecule has 4 rings (SSSR count). The fourth-order valence-corrected chi connectivity index (χ4v) is 4.02. The Kier molecular flexibility index (Phi) is 5.44. The molecule has 0 radical (unpaired) electrons. The Morgan fingerprint density at radius 2 is 1.76 bits per heavy atom. The van der Waals surface area contributed by atoms with E-state index in [1.165, 1.54) is 18.9 Å². The number of para-hydroxylation sites is 2. The van der Waals surface area contributed by atoms with Crippen LogP contribution in [0, 0.1) is 0 Å². The van der Waals surface area contributed by atoms with Gasteiger partial charge >= 0.3 is 5.97 Å². The van der Waals surface area contributed by atoms with Crippen molar-refractivity contribution < 1.29 is 9.53 Å². The molecule has 0 unspecified atom stereocenters. The lowest BCUT2D eigenvalue weighted by Gasteiger charge is -2.13. The van der Waals surface area contributed by atoms with Gasteiger partial charge in [0.05, 0.1) is 29.3 Å². The number of ether oxygens (including phenoxy) is 1. The normalized spacial score (nSPS) is 10.8. The van der Waals surface area contributed by atoms with Gasteiger partial charge in [-0.1, -0.05) is 54.2 Å². The third kappa shape index (κ3) is 3.93. The van der Waals surface area contributed by atoms with Gasteiger partial charge in [-0.2, -0.15) is 0 Å². The van der Waals surface area contributed by atoms with Crippen LogP contribution in [0.15, 0.2) is 88.8 Å². The number of aromatic nitrogens is 2. The Bertz CT molecular complexity index is 1240. The molecule has 5 nitrogen and oxygen atoms in total. The fraction of sp³-hybridized carbons (Fsp3) is 0.0870. The number of rotatable bonds is 5. The van der Waals surface area contributed by atoms with Crippen LogP contribution in [0.5, 0.6) is 0 Å². The summed E-state index contributed by atoms with van der Waals surface area (Å²) in [5.41, 5.74) is 2.77. The van der Waals surface area contributed by atoms with E-state index in [4.69, 9.17) is 9.72 Å². The highest BCUT2D eigenvalue weighted by Gasteiger charge is 2.14. The number of esters is 1. The van der Waals surface area contributed by atoms with E-state index in [1.807, 2.05) is 60.7 Å². The topological polar surface area (TPSA) is 61.2 Å². The standard InChI is InChI=1S/C23H18N2O3S/c1-28-22(27)17-9-7-8-16(14-17)15-29-23-24-20-13-6-5-12-19(20)21(26)25(23)18-10-3-2-4-11-18/h2-14H,15H2,1H3. The second-order valence-corrected chi connectivity index (χ2v) is 7.31. The molecule has 144 valence electrons. The molecule has 0 aliphatic heterocycles. The van der Waals surface area contributed by atoms with E-state index in [-0.39, 0.29) is 11.5 Å². The van der Waals surface area contributed by atoms with Gasteiger partial charge in [-0.05, 0) is 42.0 Å². The van der Waals surface area contributed by atoms with Gasteiger partial charge in [0.2, 0.25) is 0 Å². The number of fused-ring (bicyclic) bond motifs is 1. The number of carbonyl (C=O) groups excluding carboxylic acids is 1. The van der Waals surface area contributed by atoms with Crippen molar-refractivity contribution in [3.8, 4) is 5.69 Å². The summed E-state index contributed by atoms with van der Waals surface area (Å²) >= 11 is 1.45. The van der Waals surface area contributed by atoms with Crippen LogP contribution in [-0.4, -0.2) is 22.6 Å². The van der Waals surface area contributed by atoms with Crippen LogP contribution in [0.2, 0.25) is 0 Å². The smallest absolute Gasteiger partial charge is 0.337 e. The highest BCUT2D eigenvalue weighted by molar-refractivity contribution is 7.98. The van der Waals surface area contributed by atoms with Crippen molar-refractivity contribution in [2.75, 3.05) is 7.11 Å². The van der Waals surface area contributed by atoms with E-state index in [9.17, 15) is 9.59 Å². The predicted molar refractivity (Wildman–Crippen MR) is 115 cm³/mol. The molecule has 0 spiro atoms. The minimum atomic E-state index is -0.373. The first-order valence-electron chi connectivity index (χ1n) is 9.04. The summed E-state index contributed by atoms with van der Waals surface area (Å²) in [6.45, 7) is 0. The maximum absolute atomic E-state index is 13.2. The molecule has 4 aromatic rings. The van der Waals surface area contributed by atoms with Crippen molar-refractivity contribution in [1.29, 1.82) is 0 Å². The summed E-state index contributed by atoms with van der Waals surface area (Å²) < 4.78 is 6.43. The van der Waals surface area contributed by atoms with Crippen LogP contribution < -0.4 is 5.56 Å². The lowest BCUT2D eigenvalue weighted by Crippen LogP contribution is -2.21. The highest BCUT2D eigenvalue weighted by Crippen LogP contribution is 2.25. The Hall–Kier alpha value is -3.38. The number of hydrogen-bond acceptors (Lipinski definition) is 5. The van der Waals surface area contributed by atoms with Crippen molar-refractivity contribution in [3.63, 3.8) is 0 Å². The molecule has 29 heavy (non-hydrogen) atoms. The molecule has 0 fully saturated rings. The number of carbonyl (C=O) groups is 1. The van der Waals surface area contributed by atoms with Crippen LogP contribution in [0.1, 0.15) is 15.9 Å². The van der Waals surface area contributed by atoms with Crippen LogP contribution in [0.25, 0.3) is 16.6 Å².